The van der Waals surface area contributed by atoms with Crippen LogP contribution in [0.25, 0.3) is 0 Å². The van der Waals surface area contributed by atoms with E-state index in [4.69, 9.17) is 4.74 Å². The zero-order chi connectivity index (χ0) is 15.9. The standard InChI is InChI=1S/C17H26FNO2/c1-5-17(19(6-2)7-3,13-16(20)21-8-4)14-11-9-10-12-15(14)18/h9-12H,5-8,13H2,1-4H3. The van der Waals surface area contributed by atoms with Gasteiger partial charge >= 0.3 is 5.97 Å². The molecule has 0 spiro atoms. The van der Waals surface area contributed by atoms with Crippen LogP contribution in [0.4, 0.5) is 4.39 Å². The highest BCUT2D eigenvalue weighted by molar-refractivity contribution is 5.71. The molecule has 118 valence electrons. The monoisotopic (exact) mass is 295 g/mol. The topological polar surface area (TPSA) is 29.5 Å². The van der Waals surface area contributed by atoms with Crippen molar-refractivity contribution >= 4 is 5.97 Å². The number of esters is 1. The summed E-state index contributed by atoms with van der Waals surface area (Å²) in [5, 5.41) is 0. The van der Waals surface area contributed by atoms with Crippen molar-refractivity contribution in [1.29, 1.82) is 0 Å². The second-order valence-electron chi connectivity index (χ2n) is 5.02. The van der Waals surface area contributed by atoms with E-state index in [1.165, 1.54) is 6.07 Å². The molecule has 0 radical (unpaired) electrons. The predicted octanol–water partition coefficient (Wildman–Crippen LogP) is 3.73. The van der Waals surface area contributed by atoms with E-state index >= 15 is 0 Å². The first-order valence-electron chi connectivity index (χ1n) is 7.71. The first-order valence-corrected chi connectivity index (χ1v) is 7.71. The minimum Gasteiger partial charge on any atom is -0.466 e. The molecule has 0 heterocycles. The average Bonchev–Trinajstić information content (AvgIpc) is 2.48. The predicted molar refractivity (Wildman–Crippen MR) is 82.5 cm³/mol. The molecule has 4 heteroatoms. The van der Waals surface area contributed by atoms with Gasteiger partial charge in [0.2, 0.25) is 0 Å². The first-order chi connectivity index (χ1) is 10.1. The van der Waals surface area contributed by atoms with E-state index < -0.39 is 5.54 Å². The van der Waals surface area contributed by atoms with Crippen molar-refractivity contribution in [2.75, 3.05) is 19.7 Å². The quantitative estimate of drug-likeness (QED) is 0.684. The Morgan fingerprint density at radius 1 is 1.19 bits per heavy atom. The second kappa shape index (κ2) is 8.13. The Balaban J connectivity index is 3.32. The average molecular weight is 295 g/mol. The number of hydrogen-bond acceptors (Lipinski definition) is 3. The Kier molecular flexibility index (Phi) is 6.82. The van der Waals surface area contributed by atoms with E-state index in [0.29, 0.717) is 18.6 Å². The molecule has 1 unspecified atom stereocenters. The zero-order valence-electron chi connectivity index (χ0n) is 13.5. The summed E-state index contributed by atoms with van der Waals surface area (Å²) in [6.45, 7) is 9.67. The highest BCUT2D eigenvalue weighted by Crippen LogP contribution is 2.37. The van der Waals surface area contributed by atoms with Gasteiger partial charge in [0.1, 0.15) is 5.82 Å². The third-order valence-corrected chi connectivity index (χ3v) is 4.07. The third-order valence-electron chi connectivity index (χ3n) is 4.07. The summed E-state index contributed by atoms with van der Waals surface area (Å²) in [6.07, 6.45) is 0.814. The van der Waals surface area contributed by atoms with Crippen LogP contribution in [-0.4, -0.2) is 30.6 Å². The zero-order valence-corrected chi connectivity index (χ0v) is 13.5. The van der Waals surface area contributed by atoms with Crippen LogP contribution in [0, 0.1) is 5.82 Å². The summed E-state index contributed by atoms with van der Waals surface area (Å²) < 4.78 is 19.5. The van der Waals surface area contributed by atoms with Crippen molar-refractivity contribution in [3.8, 4) is 0 Å². The molecule has 3 nitrogen and oxygen atoms in total. The minimum absolute atomic E-state index is 0.167. The number of halogens is 1. The van der Waals surface area contributed by atoms with Gasteiger partial charge in [-0.3, -0.25) is 9.69 Å². The van der Waals surface area contributed by atoms with Gasteiger partial charge in [-0.1, -0.05) is 39.0 Å². The summed E-state index contributed by atoms with van der Waals surface area (Å²) in [4.78, 5) is 14.2. The maximum absolute atomic E-state index is 14.4. The van der Waals surface area contributed by atoms with E-state index in [1.54, 1.807) is 19.1 Å². The Labute approximate surface area is 127 Å². The van der Waals surface area contributed by atoms with Gasteiger partial charge in [0, 0.05) is 5.56 Å². The van der Waals surface area contributed by atoms with Crippen molar-refractivity contribution < 1.29 is 13.9 Å². The molecule has 0 N–H and O–H groups in total. The van der Waals surface area contributed by atoms with E-state index in [2.05, 4.69) is 4.90 Å². The largest absolute Gasteiger partial charge is 0.466 e. The Morgan fingerprint density at radius 2 is 1.81 bits per heavy atom. The Hall–Kier alpha value is -1.42. The number of carbonyl (C=O) groups is 1. The van der Waals surface area contributed by atoms with Gasteiger partial charge in [0.05, 0.1) is 18.6 Å². The maximum atomic E-state index is 14.4. The third kappa shape index (κ3) is 3.82. The number of carbonyl (C=O) groups excluding carboxylic acids is 1. The molecule has 1 rings (SSSR count). The molecule has 0 aliphatic heterocycles. The molecule has 0 fully saturated rings. The lowest BCUT2D eigenvalue weighted by Gasteiger charge is -2.42. The molecule has 1 aromatic carbocycles. The Bertz CT molecular complexity index is 460. The lowest BCUT2D eigenvalue weighted by molar-refractivity contribution is -0.147. The highest BCUT2D eigenvalue weighted by Gasteiger charge is 2.40. The van der Waals surface area contributed by atoms with Crippen LogP contribution in [-0.2, 0) is 15.1 Å². The summed E-state index contributed by atoms with van der Waals surface area (Å²) in [7, 11) is 0. The molecular formula is C17H26FNO2. The van der Waals surface area contributed by atoms with Crippen molar-refractivity contribution in [3.05, 3.63) is 35.6 Å². The van der Waals surface area contributed by atoms with Gasteiger partial charge in [-0.05, 0) is 32.5 Å². The molecule has 0 saturated carbocycles. The summed E-state index contributed by atoms with van der Waals surface area (Å²) in [5.41, 5.74) is -0.0783. The molecular weight excluding hydrogens is 269 g/mol. The van der Waals surface area contributed by atoms with Gasteiger partial charge < -0.3 is 4.74 Å². The number of ether oxygens (including phenoxy) is 1. The molecule has 0 aliphatic rings. The van der Waals surface area contributed by atoms with Crippen LogP contribution < -0.4 is 0 Å². The number of benzene rings is 1. The van der Waals surface area contributed by atoms with Gasteiger partial charge in [-0.25, -0.2) is 4.39 Å². The number of nitrogens with zero attached hydrogens (tertiary/aromatic N) is 1. The van der Waals surface area contributed by atoms with E-state index in [1.807, 2.05) is 26.8 Å². The summed E-state index contributed by atoms with van der Waals surface area (Å²) in [6, 6.07) is 6.72. The number of hydrogen-bond donors (Lipinski definition) is 0. The fourth-order valence-electron chi connectivity index (χ4n) is 3.03. The van der Waals surface area contributed by atoms with Gasteiger partial charge in [0.15, 0.2) is 0 Å². The normalized spacial score (nSPS) is 14.0. The smallest absolute Gasteiger partial charge is 0.308 e. The SMILES string of the molecule is CCOC(=O)CC(CC)(c1ccccc1F)N(CC)CC. The lowest BCUT2D eigenvalue weighted by Crippen LogP contribution is -2.48. The molecule has 0 aliphatic carbocycles. The van der Waals surface area contributed by atoms with Crippen LogP contribution in [0.3, 0.4) is 0 Å². The summed E-state index contributed by atoms with van der Waals surface area (Å²) in [5.74, 6) is -0.551. The summed E-state index contributed by atoms with van der Waals surface area (Å²) >= 11 is 0. The van der Waals surface area contributed by atoms with Crippen molar-refractivity contribution in [3.63, 3.8) is 0 Å². The van der Waals surface area contributed by atoms with Crippen LogP contribution in [0.15, 0.2) is 24.3 Å². The molecule has 1 atom stereocenters. The van der Waals surface area contributed by atoms with Crippen LogP contribution >= 0.6 is 0 Å². The Morgan fingerprint density at radius 3 is 2.29 bits per heavy atom. The van der Waals surface area contributed by atoms with Crippen molar-refractivity contribution in [1.82, 2.24) is 4.90 Å². The van der Waals surface area contributed by atoms with Crippen LogP contribution in [0.2, 0.25) is 0 Å². The first kappa shape index (κ1) is 17.6. The van der Waals surface area contributed by atoms with E-state index in [9.17, 15) is 9.18 Å². The molecule has 0 bridgehead atoms. The second-order valence-corrected chi connectivity index (χ2v) is 5.02. The van der Waals surface area contributed by atoms with Crippen molar-refractivity contribution in [2.24, 2.45) is 0 Å². The minimum atomic E-state index is -0.652. The van der Waals surface area contributed by atoms with Crippen molar-refractivity contribution in [2.45, 2.75) is 46.1 Å². The molecule has 0 amide bonds. The molecule has 0 saturated heterocycles. The van der Waals surface area contributed by atoms with Crippen LogP contribution in [0.1, 0.15) is 46.1 Å². The molecule has 0 aromatic heterocycles. The lowest BCUT2D eigenvalue weighted by atomic mass is 9.81. The van der Waals surface area contributed by atoms with Gasteiger partial charge in [-0.2, -0.15) is 0 Å². The highest BCUT2D eigenvalue weighted by atomic mass is 19.1. The van der Waals surface area contributed by atoms with Gasteiger partial charge in [0.25, 0.3) is 0 Å². The van der Waals surface area contributed by atoms with Crippen LogP contribution in [0.5, 0.6) is 0 Å². The van der Waals surface area contributed by atoms with E-state index in [0.717, 1.165) is 13.1 Å². The molecule has 21 heavy (non-hydrogen) atoms. The van der Waals surface area contributed by atoms with Gasteiger partial charge in [-0.15, -0.1) is 0 Å². The number of rotatable bonds is 8. The fraction of sp³-hybridized carbons (Fsp3) is 0.588. The maximum Gasteiger partial charge on any atom is 0.308 e. The molecule has 1 aromatic rings. The van der Waals surface area contributed by atoms with E-state index in [-0.39, 0.29) is 18.2 Å². The fourth-order valence-corrected chi connectivity index (χ4v) is 3.03.